The number of rotatable bonds is 10. The summed E-state index contributed by atoms with van der Waals surface area (Å²) in [5.74, 6) is -1.07. The Morgan fingerprint density at radius 1 is 1.30 bits per heavy atom. The summed E-state index contributed by atoms with van der Waals surface area (Å²) in [5.41, 5.74) is 4.87. The molecule has 0 saturated heterocycles. The molecule has 0 radical (unpaired) electrons. The number of carboxylic acid groups (broad SMARTS) is 1. The molecular formula is C13H19N3O6S. The van der Waals surface area contributed by atoms with Crippen molar-refractivity contribution < 1.29 is 23.2 Å². The quantitative estimate of drug-likeness (QED) is 0.323. The molecule has 1 atom stereocenters. The number of nitrogens with two attached hydrogens (primary N) is 1. The van der Waals surface area contributed by atoms with Crippen LogP contribution in [-0.4, -0.2) is 37.0 Å². The van der Waals surface area contributed by atoms with E-state index in [9.17, 15) is 23.3 Å². The topological polar surface area (TPSA) is 153 Å². The van der Waals surface area contributed by atoms with Crippen LogP contribution in [0.15, 0.2) is 29.2 Å². The average Bonchev–Trinajstić information content (AvgIpc) is 2.50. The molecule has 0 fully saturated rings. The lowest BCUT2D eigenvalue weighted by molar-refractivity contribution is -0.387. The lowest BCUT2D eigenvalue weighted by Crippen LogP contribution is -2.29. The molecule has 128 valence electrons. The van der Waals surface area contributed by atoms with E-state index in [-0.39, 0.29) is 11.4 Å². The summed E-state index contributed by atoms with van der Waals surface area (Å²) in [4.78, 5) is 20.3. The predicted molar refractivity (Wildman–Crippen MR) is 82.4 cm³/mol. The fourth-order valence-electron chi connectivity index (χ4n) is 1.91. The molecule has 0 amide bonds. The van der Waals surface area contributed by atoms with Gasteiger partial charge in [0.15, 0.2) is 4.90 Å². The van der Waals surface area contributed by atoms with E-state index in [0.717, 1.165) is 6.07 Å². The average molecular weight is 345 g/mol. The zero-order valence-electron chi connectivity index (χ0n) is 12.3. The predicted octanol–water partition coefficient (Wildman–Crippen LogP) is 0.845. The molecule has 0 aromatic heterocycles. The molecule has 1 aromatic rings. The molecule has 10 heteroatoms. The minimum Gasteiger partial charge on any atom is -0.480 e. The number of para-hydroxylation sites is 1. The second-order valence-electron chi connectivity index (χ2n) is 4.92. The number of aliphatic carboxylic acids is 1. The number of sulfonamides is 1. The number of nitro groups is 1. The van der Waals surface area contributed by atoms with Gasteiger partial charge in [-0.05, 0) is 18.9 Å². The van der Waals surface area contributed by atoms with E-state index < -0.39 is 32.6 Å². The smallest absolute Gasteiger partial charge is 0.320 e. The number of hydrogen-bond acceptors (Lipinski definition) is 6. The van der Waals surface area contributed by atoms with Gasteiger partial charge in [0, 0.05) is 12.6 Å². The van der Waals surface area contributed by atoms with Crippen LogP contribution in [0.3, 0.4) is 0 Å². The van der Waals surface area contributed by atoms with Crippen LogP contribution >= 0.6 is 0 Å². The Morgan fingerprint density at radius 2 is 1.96 bits per heavy atom. The van der Waals surface area contributed by atoms with Gasteiger partial charge in [0.05, 0.1) is 4.92 Å². The SMILES string of the molecule is NC(CCCCCNS(=O)(=O)c1ccccc1[N+](=O)[O-])C(=O)O. The highest BCUT2D eigenvalue weighted by Crippen LogP contribution is 2.22. The third kappa shape index (κ3) is 5.93. The number of nitro benzene ring substituents is 1. The molecular weight excluding hydrogens is 326 g/mol. The summed E-state index contributed by atoms with van der Waals surface area (Å²) in [6, 6.07) is 4.19. The number of benzene rings is 1. The van der Waals surface area contributed by atoms with Gasteiger partial charge in [0.1, 0.15) is 6.04 Å². The Bertz CT molecular complexity index is 661. The van der Waals surface area contributed by atoms with Crippen molar-refractivity contribution in [1.29, 1.82) is 0 Å². The summed E-state index contributed by atoms with van der Waals surface area (Å²) in [6.45, 7) is 0.108. The van der Waals surface area contributed by atoms with E-state index >= 15 is 0 Å². The Kier molecular flexibility index (Phi) is 7.07. The molecule has 0 aliphatic rings. The van der Waals surface area contributed by atoms with Crippen molar-refractivity contribution in [3.8, 4) is 0 Å². The van der Waals surface area contributed by atoms with E-state index in [4.69, 9.17) is 10.8 Å². The monoisotopic (exact) mass is 345 g/mol. The lowest BCUT2D eigenvalue weighted by Gasteiger charge is -2.08. The van der Waals surface area contributed by atoms with Crippen LogP contribution in [0.4, 0.5) is 5.69 Å². The number of hydrogen-bond donors (Lipinski definition) is 3. The second-order valence-corrected chi connectivity index (χ2v) is 6.65. The summed E-state index contributed by atoms with van der Waals surface area (Å²) >= 11 is 0. The Balaban J connectivity index is 2.49. The minimum atomic E-state index is -3.96. The minimum absolute atomic E-state index is 0.108. The highest BCUT2D eigenvalue weighted by Gasteiger charge is 2.24. The van der Waals surface area contributed by atoms with E-state index in [2.05, 4.69) is 4.72 Å². The summed E-state index contributed by atoms with van der Waals surface area (Å²) in [7, 11) is -3.96. The van der Waals surface area contributed by atoms with Crippen molar-refractivity contribution in [3.05, 3.63) is 34.4 Å². The van der Waals surface area contributed by atoms with E-state index in [0.29, 0.717) is 25.7 Å². The van der Waals surface area contributed by atoms with Crippen LogP contribution in [0.5, 0.6) is 0 Å². The molecule has 1 rings (SSSR count). The number of carboxylic acids is 1. The lowest BCUT2D eigenvalue weighted by atomic mass is 10.1. The highest BCUT2D eigenvalue weighted by atomic mass is 32.2. The first-order chi connectivity index (χ1) is 10.8. The van der Waals surface area contributed by atoms with Crippen molar-refractivity contribution in [1.82, 2.24) is 4.72 Å². The zero-order chi connectivity index (χ0) is 17.5. The van der Waals surface area contributed by atoms with E-state index in [1.54, 1.807) is 0 Å². The molecule has 1 aromatic carbocycles. The molecule has 1 unspecified atom stereocenters. The van der Waals surface area contributed by atoms with Gasteiger partial charge in [-0.1, -0.05) is 25.0 Å². The summed E-state index contributed by atoms with van der Waals surface area (Å²) < 4.78 is 26.5. The van der Waals surface area contributed by atoms with Gasteiger partial charge in [0.25, 0.3) is 5.69 Å². The zero-order valence-corrected chi connectivity index (χ0v) is 13.2. The van der Waals surface area contributed by atoms with Crippen LogP contribution in [0.1, 0.15) is 25.7 Å². The molecule has 23 heavy (non-hydrogen) atoms. The van der Waals surface area contributed by atoms with Crippen LogP contribution in [-0.2, 0) is 14.8 Å². The standard InChI is InChI=1S/C13H19N3O6S/c14-10(13(17)18)6-2-1-5-9-15-23(21,22)12-8-4-3-7-11(12)16(19)20/h3-4,7-8,10,15H,1-2,5-6,9,14H2,(H,17,18). The van der Waals surface area contributed by atoms with Crippen molar-refractivity contribution in [3.63, 3.8) is 0 Å². The first-order valence-electron chi connectivity index (χ1n) is 6.97. The largest absolute Gasteiger partial charge is 0.480 e. The molecule has 0 aliphatic carbocycles. The summed E-state index contributed by atoms with van der Waals surface area (Å²) in [6.07, 6.45) is 1.94. The van der Waals surface area contributed by atoms with E-state index in [1.165, 1.54) is 18.2 Å². The van der Waals surface area contributed by atoms with Crippen molar-refractivity contribution in [2.75, 3.05) is 6.54 Å². The van der Waals surface area contributed by atoms with Gasteiger partial charge in [-0.3, -0.25) is 14.9 Å². The van der Waals surface area contributed by atoms with Crippen molar-refractivity contribution in [2.24, 2.45) is 5.73 Å². The number of nitrogens with one attached hydrogen (secondary N) is 1. The van der Waals surface area contributed by atoms with Crippen LogP contribution in [0.2, 0.25) is 0 Å². The van der Waals surface area contributed by atoms with Crippen LogP contribution in [0.25, 0.3) is 0 Å². The first-order valence-corrected chi connectivity index (χ1v) is 8.45. The molecule has 0 saturated carbocycles. The van der Waals surface area contributed by atoms with Gasteiger partial charge < -0.3 is 10.8 Å². The molecule has 0 heterocycles. The van der Waals surface area contributed by atoms with Crippen LogP contribution in [0, 0.1) is 10.1 Å². The second kappa shape index (κ2) is 8.56. The number of carbonyl (C=O) groups is 1. The maximum absolute atomic E-state index is 12.1. The Hall–Kier alpha value is -2.04. The van der Waals surface area contributed by atoms with E-state index in [1.807, 2.05) is 0 Å². The van der Waals surface area contributed by atoms with Gasteiger partial charge in [-0.15, -0.1) is 0 Å². The third-order valence-electron chi connectivity index (χ3n) is 3.15. The number of nitrogens with zero attached hydrogens (tertiary/aromatic N) is 1. The molecule has 4 N–H and O–H groups in total. The Morgan fingerprint density at radius 3 is 2.57 bits per heavy atom. The normalized spacial score (nSPS) is 12.7. The molecule has 0 aliphatic heterocycles. The summed E-state index contributed by atoms with van der Waals surface area (Å²) in [5, 5.41) is 19.5. The maximum atomic E-state index is 12.1. The Labute approximate surface area is 133 Å². The molecule has 9 nitrogen and oxygen atoms in total. The highest BCUT2D eigenvalue weighted by molar-refractivity contribution is 7.89. The third-order valence-corrected chi connectivity index (χ3v) is 4.66. The molecule has 0 spiro atoms. The van der Waals surface area contributed by atoms with Gasteiger partial charge in [-0.2, -0.15) is 0 Å². The van der Waals surface area contributed by atoms with Crippen LogP contribution < -0.4 is 10.5 Å². The maximum Gasteiger partial charge on any atom is 0.320 e. The molecule has 0 bridgehead atoms. The van der Waals surface area contributed by atoms with Gasteiger partial charge in [-0.25, -0.2) is 13.1 Å². The fraction of sp³-hybridized carbons (Fsp3) is 0.462. The number of unbranched alkanes of at least 4 members (excludes halogenated alkanes) is 2. The fourth-order valence-corrected chi connectivity index (χ4v) is 3.15. The van der Waals surface area contributed by atoms with Gasteiger partial charge >= 0.3 is 5.97 Å². The van der Waals surface area contributed by atoms with Crippen molar-refractivity contribution in [2.45, 2.75) is 36.6 Å². The van der Waals surface area contributed by atoms with Gasteiger partial charge in [0.2, 0.25) is 10.0 Å². The first kappa shape index (κ1) is 19.0. The van der Waals surface area contributed by atoms with Crippen molar-refractivity contribution >= 4 is 21.7 Å².